The molecule has 0 radical (unpaired) electrons. The Bertz CT molecular complexity index is 945. The van der Waals surface area contributed by atoms with E-state index in [0.717, 1.165) is 0 Å². The summed E-state index contributed by atoms with van der Waals surface area (Å²) in [6, 6.07) is 11.2. The first-order valence-electron chi connectivity index (χ1n) is 10.2. The zero-order chi connectivity index (χ0) is 23.0. The largest absolute Gasteiger partial charge is 0.490 e. The van der Waals surface area contributed by atoms with E-state index < -0.39 is 24.0 Å². The summed E-state index contributed by atoms with van der Waals surface area (Å²) in [6.07, 6.45) is 0. The lowest BCUT2D eigenvalue weighted by Crippen LogP contribution is -2.42. The molecule has 0 fully saturated rings. The Morgan fingerprint density at radius 3 is 2.10 bits per heavy atom. The fourth-order valence-electron chi connectivity index (χ4n) is 2.87. The molecule has 0 atom stereocenters. The maximum atomic E-state index is 13.1. The average molecular weight is 427 g/mol. The highest BCUT2D eigenvalue weighted by Gasteiger charge is 2.22. The summed E-state index contributed by atoms with van der Waals surface area (Å²) < 4.78 is 16.2. The van der Waals surface area contributed by atoms with Gasteiger partial charge >= 0.3 is 5.97 Å². The van der Waals surface area contributed by atoms with Crippen molar-refractivity contribution in [1.82, 2.24) is 5.32 Å². The van der Waals surface area contributed by atoms with Crippen molar-refractivity contribution in [2.75, 3.05) is 19.8 Å². The first-order chi connectivity index (χ1) is 14.7. The molecule has 0 saturated carbocycles. The summed E-state index contributed by atoms with van der Waals surface area (Å²) in [5.41, 5.74) is 0.166. The van der Waals surface area contributed by atoms with E-state index >= 15 is 0 Å². The Morgan fingerprint density at radius 2 is 1.48 bits per heavy atom. The predicted octanol–water partition coefficient (Wildman–Crippen LogP) is 3.79. The normalized spacial score (nSPS) is 10.9. The van der Waals surface area contributed by atoms with Gasteiger partial charge in [-0.1, -0.05) is 18.2 Å². The van der Waals surface area contributed by atoms with Crippen molar-refractivity contribution >= 4 is 17.7 Å². The Balaban J connectivity index is 2.24. The van der Waals surface area contributed by atoms with Crippen LogP contribution in [0.3, 0.4) is 0 Å². The quantitative estimate of drug-likeness (QED) is 0.484. The van der Waals surface area contributed by atoms with Crippen LogP contribution in [0, 0.1) is 0 Å². The summed E-state index contributed by atoms with van der Waals surface area (Å²) in [5.74, 6) is -0.537. The van der Waals surface area contributed by atoms with Crippen LogP contribution in [0.25, 0.3) is 0 Å². The third-order valence-electron chi connectivity index (χ3n) is 4.05. The van der Waals surface area contributed by atoms with Crippen LogP contribution in [0.2, 0.25) is 0 Å². The highest BCUT2D eigenvalue weighted by atomic mass is 16.5. The lowest BCUT2D eigenvalue weighted by Gasteiger charge is -2.20. The minimum absolute atomic E-state index is 0.0860. The number of nitrogens with one attached hydrogen (secondary N) is 1. The van der Waals surface area contributed by atoms with Gasteiger partial charge in [0.1, 0.15) is 0 Å². The molecule has 0 aliphatic heterocycles. The molecule has 1 N–H and O–H groups in total. The van der Waals surface area contributed by atoms with Crippen molar-refractivity contribution in [3.8, 4) is 11.5 Å². The van der Waals surface area contributed by atoms with Crippen LogP contribution >= 0.6 is 0 Å². The molecule has 0 heterocycles. The smallest absolute Gasteiger partial charge is 0.339 e. The Kier molecular flexibility index (Phi) is 8.19. The molecule has 0 spiro atoms. The maximum Gasteiger partial charge on any atom is 0.339 e. The second-order valence-corrected chi connectivity index (χ2v) is 7.78. The molecule has 2 aromatic rings. The SMILES string of the molecule is CCOc1ccc(C(=O)c2ccccc2C(=O)OCC(=O)NC(C)(C)C)cc1OCC. The number of rotatable bonds is 9. The van der Waals surface area contributed by atoms with Crippen molar-refractivity contribution in [3.63, 3.8) is 0 Å². The lowest BCUT2D eigenvalue weighted by molar-refractivity contribution is -0.125. The summed E-state index contributed by atoms with van der Waals surface area (Å²) in [5, 5.41) is 2.71. The van der Waals surface area contributed by atoms with Crippen LogP contribution in [0.15, 0.2) is 42.5 Å². The first-order valence-corrected chi connectivity index (χ1v) is 10.2. The van der Waals surface area contributed by atoms with Crippen LogP contribution in [0.5, 0.6) is 11.5 Å². The van der Waals surface area contributed by atoms with E-state index in [1.807, 2.05) is 34.6 Å². The molecule has 7 heteroatoms. The molecular formula is C24H29NO6. The van der Waals surface area contributed by atoms with Gasteiger partial charge in [-0.15, -0.1) is 0 Å². The molecule has 2 aromatic carbocycles. The zero-order valence-electron chi connectivity index (χ0n) is 18.6. The third kappa shape index (κ3) is 6.84. The molecule has 0 unspecified atom stereocenters. The number of amides is 1. The number of esters is 1. The van der Waals surface area contributed by atoms with Crippen LogP contribution in [0.4, 0.5) is 0 Å². The number of carbonyl (C=O) groups is 3. The van der Waals surface area contributed by atoms with Gasteiger partial charge in [-0.2, -0.15) is 0 Å². The standard InChI is InChI=1S/C24H29NO6/c1-6-29-19-13-12-16(14-20(19)30-7-2)22(27)17-10-8-9-11-18(17)23(28)31-15-21(26)25-24(3,4)5/h8-14H,6-7,15H2,1-5H3,(H,25,26). The molecule has 31 heavy (non-hydrogen) atoms. The van der Waals surface area contributed by atoms with Crippen LogP contribution in [-0.2, 0) is 9.53 Å². The molecule has 0 aromatic heterocycles. The fraction of sp³-hybridized carbons (Fsp3) is 0.375. The van der Waals surface area contributed by atoms with Crippen molar-refractivity contribution in [3.05, 3.63) is 59.2 Å². The van der Waals surface area contributed by atoms with Gasteiger partial charge in [0.15, 0.2) is 23.9 Å². The second kappa shape index (κ2) is 10.6. The highest BCUT2D eigenvalue weighted by Crippen LogP contribution is 2.30. The van der Waals surface area contributed by atoms with Crippen LogP contribution < -0.4 is 14.8 Å². The lowest BCUT2D eigenvalue weighted by atomic mass is 9.98. The van der Waals surface area contributed by atoms with E-state index in [9.17, 15) is 14.4 Å². The molecule has 0 bridgehead atoms. The molecule has 1 amide bonds. The minimum Gasteiger partial charge on any atom is -0.490 e. The van der Waals surface area contributed by atoms with Gasteiger partial charge in [0.2, 0.25) is 0 Å². The summed E-state index contributed by atoms with van der Waals surface area (Å²) in [4.78, 5) is 37.7. The van der Waals surface area contributed by atoms with E-state index in [1.54, 1.807) is 36.4 Å². The number of hydrogen-bond acceptors (Lipinski definition) is 6. The van der Waals surface area contributed by atoms with Gasteiger partial charge in [-0.25, -0.2) is 4.79 Å². The number of ether oxygens (including phenoxy) is 3. The van der Waals surface area contributed by atoms with Crippen molar-refractivity contribution < 1.29 is 28.6 Å². The summed E-state index contributed by atoms with van der Waals surface area (Å²) in [7, 11) is 0. The highest BCUT2D eigenvalue weighted by molar-refractivity contribution is 6.14. The second-order valence-electron chi connectivity index (χ2n) is 7.78. The topological polar surface area (TPSA) is 90.9 Å². The van der Waals surface area contributed by atoms with Crippen LogP contribution in [0.1, 0.15) is 60.9 Å². The van der Waals surface area contributed by atoms with Gasteiger partial charge in [0, 0.05) is 16.7 Å². The number of carbonyl (C=O) groups excluding carboxylic acids is 3. The molecule has 166 valence electrons. The van der Waals surface area contributed by atoms with Crippen LogP contribution in [-0.4, -0.2) is 43.0 Å². The maximum absolute atomic E-state index is 13.1. The average Bonchev–Trinajstić information content (AvgIpc) is 2.72. The van der Waals surface area contributed by atoms with E-state index in [1.165, 1.54) is 6.07 Å². The van der Waals surface area contributed by atoms with E-state index in [2.05, 4.69) is 5.32 Å². The molecule has 7 nitrogen and oxygen atoms in total. The Morgan fingerprint density at radius 1 is 0.871 bits per heavy atom. The monoisotopic (exact) mass is 427 g/mol. The van der Waals surface area contributed by atoms with Gasteiger partial charge < -0.3 is 19.5 Å². The minimum atomic E-state index is -0.746. The molecule has 0 aliphatic carbocycles. The van der Waals surface area contributed by atoms with E-state index in [4.69, 9.17) is 14.2 Å². The van der Waals surface area contributed by atoms with E-state index in [-0.39, 0.29) is 16.9 Å². The van der Waals surface area contributed by atoms with Gasteiger partial charge in [-0.3, -0.25) is 9.59 Å². The Labute approximate surface area is 182 Å². The third-order valence-corrected chi connectivity index (χ3v) is 4.05. The number of benzene rings is 2. The molecular weight excluding hydrogens is 398 g/mol. The summed E-state index contributed by atoms with van der Waals surface area (Å²) in [6.45, 7) is 9.62. The summed E-state index contributed by atoms with van der Waals surface area (Å²) >= 11 is 0. The predicted molar refractivity (Wildman–Crippen MR) is 117 cm³/mol. The van der Waals surface area contributed by atoms with Crippen molar-refractivity contribution in [2.45, 2.75) is 40.2 Å². The molecule has 0 aliphatic rings. The Hall–Kier alpha value is -3.35. The number of hydrogen-bond donors (Lipinski definition) is 1. The van der Waals surface area contributed by atoms with Gasteiger partial charge in [0.05, 0.1) is 18.8 Å². The number of ketones is 1. The van der Waals surface area contributed by atoms with Gasteiger partial charge in [0.25, 0.3) is 5.91 Å². The van der Waals surface area contributed by atoms with E-state index in [0.29, 0.717) is 30.3 Å². The molecule has 2 rings (SSSR count). The van der Waals surface area contributed by atoms with Crippen molar-refractivity contribution in [1.29, 1.82) is 0 Å². The first kappa shape index (κ1) is 23.9. The zero-order valence-corrected chi connectivity index (χ0v) is 18.6. The molecule has 0 saturated heterocycles. The van der Waals surface area contributed by atoms with Gasteiger partial charge in [-0.05, 0) is 58.9 Å². The van der Waals surface area contributed by atoms with Crippen molar-refractivity contribution in [2.24, 2.45) is 0 Å². The fourth-order valence-corrected chi connectivity index (χ4v) is 2.87.